The fourth-order valence-electron chi connectivity index (χ4n) is 1.86. The molecular formula is C16H28S2. The molecule has 2 heteroatoms. The van der Waals surface area contributed by atoms with Gasteiger partial charge in [-0.2, -0.15) is 0 Å². The Kier molecular flexibility index (Phi) is 7.40. The van der Waals surface area contributed by atoms with E-state index in [4.69, 9.17) is 0 Å². The van der Waals surface area contributed by atoms with Crippen LogP contribution in [0.5, 0.6) is 0 Å². The molecule has 18 heavy (non-hydrogen) atoms. The number of unbranched alkanes of at least 4 members (excludes halogenated alkanes) is 5. The van der Waals surface area contributed by atoms with Crippen molar-refractivity contribution in [2.24, 2.45) is 0 Å². The van der Waals surface area contributed by atoms with Crippen molar-refractivity contribution in [2.75, 3.05) is 5.75 Å². The second kappa shape index (κ2) is 8.27. The van der Waals surface area contributed by atoms with E-state index in [1.54, 1.807) is 0 Å². The predicted octanol–water partition coefficient (Wildman–Crippen LogP) is 6.50. The largest absolute Gasteiger partial charge is 0.133 e. The van der Waals surface area contributed by atoms with E-state index < -0.39 is 0 Å². The lowest BCUT2D eigenvalue weighted by Crippen LogP contribution is -2.07. The van der Waals surface area contributed by atoms with Gasteiger partial charge in [-0.15, -0.1) is 23.1 Å². The van der Waals surface area contributed by atoms with Crippen molar-refractivity contribution in [1.29, 1.82) is 0 Å². The van der Waals surface area contributed by atoms with Crippen LogP contribution in [-0.2, 0) is 5.41 Å². The van der Waals surface area contributed by atoms with Gasteiger partial charge in [-0.1, -0.05) is 59.8 Å². The summed E-state index contributed by atoms with van der Waals surface area (Å²) >= 11 is 4.01. The topological polar surface area (TPSA) is 0 Å². The smallest absolute Gasteiger partial charge is 0.0601 e. The third-order valence-corrected chi connectivity index (χ3v) is 5.89. The molecule has 0 N–H and O–H groups in total. The minimum Gasteiger partial charge on any atom is -0.133 e. The van der Waals surface area contributed by atoms with Crippen LogP contribution in [0.4, 0.5) is 0 Å². The number of thiophene rings is 1. The zero-order chi connectivity index (χ0) is 13.4. The third kappa shape index (κ3) is 6.29. The normalized spacial score (nSPS) is 12.0. The van der Waals surface area contributed by atoms with Crippen molar-refractivity contribution in [1.82, 2.24) is 0 Å². The van der Waals surface area contributed by atoms with E-state index in [9.17, 15) is 0 Å². The van der Waals surface area contributed by atoms with Crippen LogP contribution in [0.25, 0.3) is 0 Å². The zero-order valence-corrected chi connectivity index (χ0v) is 14.1. The molecule has 0 aliphatic carbocycles. The SMILES string of the molecule is CCCCCCCCSc1ccc(C(C)(C)C)s1. The first kappa shape index (κ1) is 16.1. The molecule has 0 aliphatic heterocycles. The molecule has 0 saturated carbocycles. The average molecular weight is 285 g/mol. The Morgan fingerprint density at radius 3 is 2.28 bits per heavy atom. The fraction of sp³-hybridized carbons (Fsp3) is 0.750. The molecular weight excluding hydrogens is 256 g/mol. The second-order valence-corrected chi connectivity index (χ2v) is 8.46. The van der Waals surface area contributed by atoms with E-state index in [0.717, 1.165) is 0 Å². The van der Waals surface area contributed by atoms with Crippen molar-refractivity contribution in [3.8, 4) is 0 Å². The van der Waals surface area contributed by atoms with E-state index in [1.165, 1.54) is 53.4 Å². The highest BCUT2D eigenvalue weighted by Crippen LogP contribution is 2.34. The van der Waals surface area contributed by atoms with Crippen LogP contribution in [0.1, 0.15) is 71.1 Å². The van der Waals surface area contributed by atoms with Crippen LogP contribution >= 0.6 is 23.1 Å². The van der Waals surface area contributed by atoms with Crippen molar-refractivity contribution >= 4 is 23.1 Å². The molecule has 0 saturated heterocycles. The van der Waals surface area contributed by atoms with Gasteiger partial charge in [0.05, 0.1) is 4.21 Å². The van der Waals surface area contributed by atoms with E-state index in [0.29, 0.717) is 5.41 Å². The predicted molar refractivity (Wildman–Crippen MR) is 87.1 cm³/mol. The molecule has 1 heterocycles. The third-order valence-electron chi connectivity index (χ3n) is 3.06. The number of rotatable bonds is 8. The highest BCUT2D eigenvalue weighted by Gasteiger charge is 2.15. The molecule has 0 amide bonds. The van der Waals surface area contributed by atoms with Crippen LogP contribution in [0.15, 0.2) is 16.3 Å². The molecule has 0 fully saturated rings. The Labute approximate surface area is 122 Å². The van der Waals surface area contributed by atoms with Gasteiger partial charge in [0.25, 0.3) is 0 Å². The molecule has 0 spiro atoms. The first-order chi connectivity index (χ1) is 8.54. The van der Waals surface area contributed by atoms with Crippen LogP contribution in [-0.4, -0.2) is 5.75 Å². The summed E-state index contributed by atoms with van der Waals surface area (Å²) in [5, 5.41) is 0. The molecule has 0 unspecified atom stereocenters. The van der Waals surface area contributed by atoms with Gasteiger partial charge >= 0.3 is 0 Å². The maximum Gasteiger partial charge on any atom is 0.0601 e. The quantitative estimate of drug-likeness (QED) is 0.388. The van der Waals surface area contributed by atoms with Crippen LogP contribution in [0.3, 0.4) is 0 Å². The average Bonchev–Trinajstić information content (AvgIpc) is 2.76. The van der Waals surface area contributed by atoms with Crippen LogP contribution in [0, 0.1) is 0 Å². The lowest BCUT2D eigenvalue weighted by molar-refractivity contribution is 0.604. The summed E-state index contributed by atoms with van der Waals surface area (Å²) in [4.78, 5) is 1.51. The van der Waals surface area contributed by atoms with Crippen molar-refractivity contribution < 1.29 is 0 Å². The Morgan fingerprint density at radius 1 is 1.00 bits per heavy atom. The minimum absolute atomic E-state index is 0.309. The highest BCUT2D eigenvalue weighted by atomic mass is 32.2. The zero-order valence-electron chi connectivity index (χ0n) is 12.4. The molecule has 0 radical (unpaired) electrons. The Balaban J connectivity index is 2.14. The van der Waals surface area contributed by atoms with E-state index >= 15 is 0 Å². The van der Waals surface area contributed by atoms with Gasteiger partial charge in [0, 0.05) is 4.88 Å². The number of hydrogen-bond donors (Lipinski definition) is 0. The van der Waals surface area contributed by atoms with Crippen molar-refractivity contribution in [3.05, 3.63) is 17.0 Å². The Morgan fingerprint density at radius 2 is 1.67 bits per heavy atom. The summed E-state index contributed by atoms with van der Waals surface area (Å²) in [5.74, 6) is 1.29. The summed E-state index contributed by atoms with van der Waals surface area (Å²) in [6, 6.07) is 4.60. The Hall–Kier alpha value is 0.0500. The van der Waals surface area contributed by atoms with Gasteiger partial charge in [-0.3, -0.25) is 0 Å². The van der Waals surface area contributed by atoms with Crippen LogP contribution in [0.2, 0.25) is 0 Å². The Bertz CT molecular complexity index is 320. The molecule has 1 aromatic rings. The number of thioether (sulfide) groups is 1. The molecule has 1 rings (SSSR count). The maximum atomic E-state index is 2.30. The first-order valence-corrected chi connectivity index (χ1v) is 9.07. The lowest BCUT2D eigenvalue weighted by Gasteiger charge is -2.15. The maximum absolute atomic E-state index is 2.30. The van der Waals surface area contributed by atoms with Gasteiger partial charge in [-0.25, -0.2) is 0 Å². The van der Waals surface area contributed by atoms with Gasteiger partial charge < -0.3 is 0 Å². The molecule has 1 aromatic heterocycles. The second-order valence-electron chi connectivity index (χ2n) is 5.98. The van der Waals surface area contributed by atoms with Crippen molar-refractivity contribution in [3.63, 3.8) is 0 Å². The standard InChI is InChI=1S/C16H28S2/c1-5-6-7-8-9-10-13-17-15-12-11-14(18-15)16(2,3)4/h11-12H,5-10,13H2,1-4H3. The van der Waals surface area contributed by atoms with E-state index in [1.807, 2.05) is 23.1 Å². The van der Waals surface area contributed by atoms with Gasteiger partial charge in [0.2, 0.25) is 0 Å². The van der Waals surface area contributed by atoms with E-state index in [-0.39, 0.29) is 0 Å². The summed E-state index contributed by atoms with van der Waals surface area (Å²) in [6.45, 7) is 9.16. The molecule has 0 atom stereocenters. The van der Waals surface area contributed by atoms with Gasteiger partial charge in [0.15, 0.2) is 0 Å². The van der Waals surface area contributed by atoms with E-state index in [2.05, 4.69) is 39.8 Å². The summed E-state index contributed by atoms with van der Waals surface area (Å²) < 4.78 is 1.49. The molecule has 104 valence electrons. The van der Waals surface area contributed by atoms with Gasteiger partial charge in [0.1, 0.15) is 0 Å². The monoisotopic (exact) mass is 284 g/mol. The van der Waals surface area contributed by atoms with Crippen molar-refractivity contribution in [2.45, 2.75) is 75.8 Å². The van der Waals surface area contributed by atoms with Gasteiger partial charge in [-0.05, 0) is 29.7 Å². The first-order valence-electron chi connectivity index (χ1n) is 7.27. The summed E-state index contributed by atoms with van der Waals surface area (Å²) in [5.41, 5.74) is 0.309. The summed E-state index contributed by atoms with van der Waals surface area (Å²) in [6.07, 6.45) is 8.38. The fourth-order valence-corrected chi connectivity index (χ4v) is 4.12. The molecule has 0 nitrogen and oxygen atoms in total. The summed E-state index contributed by atoms with van der Waals surface area (Å²) in [7, 11) is 0. The lowest BCUT2D eigenvalue weighted by atomic mass is 9.95. The highest BCUT2D eigenvalue weighted by molar-refractivity contribution is 8.01. The molecule has 0 aliphatic rings. The molecule has 0 aromatic carbocycles. The molecule has 0 bridgehead atoms. The number of hydrogen-bond acceptors (Lipinski definition) is 2. The minimum atomic E-state index is 0.309. The van der Waals surface area contributed by atoms with Crippen LogP contribution < -0.4 is 0 Å².